The van der Waals surface area contributed by atoms with Gasteiger partial charge in [-0.2, -0.15) is 0 Å². The highest BCUT2D eigenvalue weighted by atomic mass is 16.6. The Balaban J connectivity index is 2.47. The number of alkyl carbamates (subject to hydrolysis) is 1. The molecule has 0 spiro atoms. The maximum absolute atomic E-state index is 13.8. The maximum Gasteiger partial charge on any atom is 0.408 e. The highest BCUT2D eigenvalue weighted by Gasteiger charge is 2.36. The van der Waals surface area contributed by atoms with Crippen LogP contribution in [-0.4, -0.2) is 34.5 Å². The zero-order valence-electron chi connectivity index (χ0n) is 22.2. The Labute approximate surface area is 214 Å². The standard InChI is InChI=1S/C29H37N3O4/c1-9-32(27(34)24(17-19(2)3)31-28(35)36-29(6,7)8)25(22-15-12-13-20(4)18-22)26(33)30-23-16-11-10-14-21(23)5/h1,10-16,18-19,24-25H,17H2,2-8H3,(H,30,33)(H,31,35). The SMILES string of the molecule is C#CN(C(=O)C(CC(C)C)NC(=O)OC(C)(C)C)C(C(=O)Nc1ccccc1C)c1cccc(C)c1. The molecule has 2 aromatic rings. The molecular formula is C29H37N3O4. The number of ether oxygens (including phenoxy) is 1. The topological polar surface area (TPSA) is 87.7 Å². The zero-order valence-corrected chi connectivity index (χ0v) is 22.2. The molecule has 2 atom stereocenters. The fraction of sp³-hybridized carbons (Fsp3) is 0.414. The highest BCUT2D eigenvalue weighted by molar-refractivity contribution is 6.00. The number of terminal acetylenes is 1. The fourth-order valence-electron chi connectivity index (χ4n) is 3.75. The van der Waals surface area contributed by atoms with Crippen LogP contribution in [0.25, 0.3) is 0 Å². The Morgan fingerprint density at radius 3 is 2.28 bits per heavy atom. The van der Waals surface area contributed by atoms with Crippen molar-refractivity contribution in [3.05, 3.63) is 65.2 Å². The van der Waals surface area contributed by atoms with E-state index in [4.69, 9.17) is 11.2 Å². The number of nitrogens with zero attached hydrogens (tertiary/aromatic N) is 1. The summed E-state index contributed by atoms with van der Waals surface area (Å²) in [6.07, 6.45) is 5.43. The molecule has 0 aliphatic heterocycles. The summed E-state index contributed by atoms with van der Waals surface area (Å²) in [7, 11) is 0. The summed E-state index contributed by atoms with van der Waals surface area (Å²) in [6.45, 7) is 12.9. The first-order chi connectivity index (χ1) is 16.8. The van der Waals surface area contributed by atoms with Crippen molar-refractivity contribution >= 4 is 23.6 Å². The number of hydrogen-bond acceptors (Lipinski definition) is 4. The van der Waals surface area contributed by atoms with Crippen LogP contribution < -0.4 is 10.6 Å². The first-order valence-electron chi connectivity index (χ1n) is 12.0. The van der Waals surface area contributed by atoms with E-state index in [1.807, 2.05) is 64.1 Å². The van der Waals surface area contributed by atoms with E-state index in [2.05, 4.69) is 16.7 Å². The van der Waals surface area contributed by atoms with Crippen LogP contribution in [0.4, 0.5) is 10.5 Å². The Morgan fingerprint density at radius 2 is 1.72 bits per heavy atom. The van der Waals surface area contributed by atoms with Gasteiger partial charge in [0.25, 0.3) is 11.8 Å². The number of aryl methyl sites for hydroxylation is 2. The van der Waals surface area contributed by atoms with Gasteiger partial charge in [0.1, 0.15) is 17.7 Å². The number of benzene rings is 2. The van der Waals surface area contributed by atoms with Gasteiger partial charge in [-0.05, 0) is 64.2 Å². The van der Waals surface area contributed by atoms with E-state index >= 15 is 0 Å². The summed E-state index contributed by atoms with van der Waals surface area (Å²) >= 11 is 0. The molecular weight excluding hydrogens is 454 g/mol. The van der Waals surface area contributed by atoms with Crippen LogP contribution in [-0.2, 0) is 14.3 Å². The van der Waals surface area contributed by atoms with Crippen molar-refractivity contribution in [2.45, 2.75) is 72.6 Å². The van der Waals surface area contributed by atoms with Crippen LogP contribution in [0.5, 0.6) is 0 Å². The van der Waals surface area contributed by atoms with Gasteiger partial charge in [-0.3, -0.25) is 14.5 Å². The van der Waals surface area contributed by atoms with Crippen molar-refractivity contribution in [2.75, 3.05) is 5.32 Å². The summed E-state index contributed by atoms with van der Waals surface area (Å²) in [6, 6.07) is 15.0. The minimum absolute atomic E-state index is 0.0618. The Morgan fingerprint density at radius 1 is 1.06 bits per heavy atom. The minimum atomic E-state index is -1.11. The predicted octanol–water partition coefficient (Wildman–Crippen LogP) is 5.34. The average Bonchev–Trinajstić information content (AvgIpc) is 2.76. The molecule has 36 heavy (non-hydrogen) atoms. The number of rotatable bonds is 8. The van der Waals surface area contributed by atoms with Gasteiger partial charge in [0.05, 0.1) is 0 Å². The molecule has 0 aromatic heterocycles. The molecule has 3 amide bonds. The van der Waals surface area contributed by atoms with Crippen molar-refractivity contribution in [1.82, 2.24) is 10.2 Å². The van der Waals surface area contributed by atoms with Gasteiger partial charge >= 0.3 is 6.09 Å². The van der Waals surface area contributed by atoms with Gasteiger partial charge in [0.15, 0.2) is 0 Å². The summed E-state index contributed by atoms with van der Waals surface area (Å²) in [5.41, 5.74) is 2.23. The number of para-hydroxylation sites is 1. The number of carbonyl (C=O) groups excluding carboxylic acids is 3. The van der Waals surface area contributed by atoms with Crippen LogP contribution in [0.15, 0.2) is 48.5 Å². The van der Waals surface area contributed by atoms with Crippen LogP contribution in [0, 0.1) is 32.2 Å². The van der Waals surface area contributed by atoms with E-state index in [1.165, 1.54) is 0 Å². The first-order valence-corrected chi connectivity index (χ1v) is 12.0. The summed E-state index contributed by atoms with van der Waals surface area (Å²) in [4.78, 5) is 41.0. The van der Waals surface area contributed by atoms with Crippen molar-refractivity contribution in [2.24, 2.45) is 5.92 Å². The largest absolute Gasteiger partial charge is 0.444 e. The molecule has 2 aromatic carbocycles. The first kappa shape index (κ1) is 28.4. The normalized spacial score (nSPS) is 12.8. The third kappa shape index (κ3) is 8.16. The Bertz CT molecular complexity index is 1130. The molecule has 0 aliphatic carbocycles. The van der Waals surface area contributed by atoms with Gasteiger partial charge < -0.3 is 15.4 Å². The molecule has 0 heterocycles. The van der Waals surface area contributed by atoms with Crippen LogP contribution in [0.3, 0.4) is 0 Å². The summed E-state index contributed by atoms with van der Waals surface area (Å²) in [5.74, 6) is -0.961. The van der Waals surface area contributed by atoms with E-state index in [9.17, 15) is 14.4 Å². The number of carbonyl (C=O) groups is 3. The average molecular weight is 492 g/mol. The number of anilines is 1. The molecule has 192 valence electrons. The summed E-state index contributed by atoms with van der Waals surface area (Å²) in [5, 5.41) is 5.56. The molecule has 0 saturated carbocycles. The van der Waals surface area contributed by atoms with Crippen LogP contribution >= 0.6 is 0 Å². The van der Waals surface area contributed by atoms with Gasteiger partial charge in [-0.1, -0.05) is 68.3 Å². The van der Waals surface area contributed by atoms with E-state index in [-0.39, 0.29) is 5.92 Å². The molecule has 0 saturated heterocycles. The van der Waals surface area contributed by atoms with E-state index < -0.39 is 35.6 Å². The number of nitrogens with one attached hydrogen (secondary N) is 2. The highest BCUT2D eigenvalue weighted by Crippen LogP contribution is 2.26. The lowest BCUT2D eigenvalue weighted by Crippen LogP contribution is -2.51. The minimum Gasteiger partial charge on any atom is -0.444 e. The fourth-order valence-corrected chi connectivity index (χ4v) is 3.75. The lowest BCUT2D eigenvalue weighted by molar-refractivity contribution is -0.137. The van der Waals surface area contributed by atoms with Gasteiger partial charge in [-0.25, -0.2) is 4.79 Å². The monoisotopic (exact) mass is 491 g/mol. The van der Waals surface area contributed by atoms with Crippen molar-refractivity contribution < 1.29 is 19.1 Å². The Kier molecular flexibility index (Phi) is 9.68. The van der Waals surface area contributed by atoms with E-state index in [1.54, 1.807) is 32.9 Å². The predicted molar refractivity (Wildman–Crippen MR) is 142 cm³/mol. The second-order valence-corrected chi connectivity index (χ2v) is 10.3. The van der Waals surface area contributed by atoms with Crippen molar-refractivity contribution in [1.29, 1.82) is 0 Å². The second kappa shape index (κ2) is 12.3. The van der Waals surface area contributed by atoms with Crippen LogP contribution in [0.2, 0.25) is 0 Å². The number of amides is 3. The Hall–Kier alpha value is -3.79. The molecule has 7 heteroatoms. The van der Waals surface area contributed by atoms with Crippen molar-refractivity contribution in [3.8, 4) is 12.5 Å². The molecule has 0 fully saturated rings. The zero-order chi connectivity index (χ0) is 27.0. The third-order valence-electron chi connectivity index (χ3n) is 5.34. The van der Waals surface area contributed by atoms with E-state index in [0.717, 1.165) is 16.0 Å². The van der Waals surface area contributed by atoms with Gasteiger partial charge in [0, 0.05) is 11.7 Å². The maximum atomic E-state index is 13.8. The lowest BCUT2D eigenvalue weighted by Gasteiger charge is -2.31. The van der Waals surface area contributed by atoms with E-state index in [0.29, 0.717) is 17.7 Å². The quantitative estimate of drug-likeness (QED) is 0.385. The van der Waals surface area contributed by atoms with Crippen LogP contribution in [0.1, 0.15) is 63.8 Å². The summed E-state index contributed by atoms with van der Waals surface area (Å²) < 4.78 is 5.36. The molecule has 7 nitrogen and oxygen atoms in total. The molecule has 2 rings (SSSR count). The molecule has 0 bridgehead atoms. The lowest BCUT2D eigenvalue weighted by atomic mass is 9.98. The molecule has 0 radical (unpaired) electrons. The molecule has 0 aliphatic rings. The second-order valence-electron chi connectivity index (χ2n) is 10.3. The van der Waals surface area contributed by atoms with Gasteiger partial charge in [0.2, 0.25) is 0 Å². The third-order valence-corrected chi connectivity index (χ3v) is 5.34. The number of hydrogen-bond donors (Lipinski definition) is 2. The van der Waals surface area contributed by atoms with Gasteiger partial charge in [-0.15, -0.1) is 0 Å². The molecule has 2 N–H and O–H groups in total. The smallest absolute Gasteiger partial charge is 0.408 e. The van der Waals surface area contributed by atoms with Crippen molar-refractivity contribution in [3.63, 3.8) is 0 Å². The molecule has 2 unspecified atom stereocenters.